The Hall–Kier alpha value is -3.22. The molecule has 0 aliphatic carbocycles. The number of halogens is 1. The van der Waals surface area contributed by atoms with E-state index in [2.05, 4.69) is 10.1 Å². The third kappa shape index (κ3) is 5.41. The molecule has 0 aliphatic heterocycles. The summed E-state index contributed by atoms with van der Waals surface area (Å²) in [5.41, 5.74) is 0.556. The summed E-state index contributed by atoms with van der Waals surface area (Å²) in [4.78, 5) is 35.7. The summed E-state index contributed by atoms with van der Waals surface area (Å²) < 4.78 is 23.0. The van der Waals surface area contributed by atoms with Crippen LogP contribution in [0, 0.1) is 5.82 Å². The fraction of sp³-hybridized carbons (Fsp3) is 0.211. The van der Waals surface area contributed by atoms with Gasteiger partial charge >= 0.3 is 11.9 Å². The van der Waals surface area contributed by atoms with Crippen molar-refractivity contribution < 1.29 is 28.2 Å². The van der Waals surface area contributed by atoms with E-state index < -0.39 is 36.3 Å². The number of benzene rings is 2. The van der Waals surface area contributed by atoms with E-state index in [0.717, 1.165) is 11.6 Å². The molecule has 0 aromatic heterocycles. The molecule has 0 saturated carbocycles. The molecule has 2 aromatic carbocycles. The smallest absolute Gasteiger partial charge is 0.341 e. The molecule has 26 heavy (non-hydrogen) atoms. The van der Waals surface area contributed by atoms with E-state index >= 15 is 0 Å². The van der Waals surface area contributed by atoms with Gasteiger partial charge in [0.25, 0.3) is 5.91 Å². The fourth-order valence-corrected chi connectivity index (χ4v) is 2.26. The van der Waals surface area contributed by atoms with Gasteiger partial charge in [0.1, 0.15) is 11.9 Å². The Morgan fingerprint density at radius 1 is 1.04 bits per heavy atom. The van der Waals surface area contributed by atoms with Crippen LogP contribution < -0.4 is 5.32 Å². The van der Waals surface area contributed by atoms with Crippen molar-refractivity contribution in [1.29, 1.82) is 0 Å². The van der Waals surface area contributed by atoms with Crippen molar-refractivity contribution >= 4 is 17.8 Å². The van der Waals surface area contributed by atoms with Gasteiger partial charge in [0.05, 0.1) is 12.7 Å². The molecule has 0 aliphatic rings. The van der Waals surface area contributed by atoms with Gasteiger partial charge in [0.2, 0.25) is 0 Å². The van der Waals surface area contributed by atoms with Crippen LogP contribution in [0.3, 0.4) is 0 Å². The van der Waals surface area contributed by atoms with Crippen LogP contribution >= 0.6 is 0 Å². The van der Waals surface area contributed by atoms with E-state index in [9.17, 15) is 18.8 Å². The minimum absolute atomic E-state index is 0.223. The van der Waals surface area contributed by atoms with Crippen molar-refractivity contribution in [2.24, 2.45) is 0 Å². The second kappa shape index (κ2) is 9.31. The maximum atomic E-state index is 13.5. The van der Waals surface area contributed by atoms with Crippen LogP contribution in [-0.4, -0.2) is 37.6 Å². The van der Waals surface area contributed by atoms with Crippen LogP contribution in [0.4, 0.5) is 4.39 Å². The van der Waals surface area contributed by atoms with Gasteiger partial charge in [-0.15, -0.1) is 0 Å². The molecule has 7 heteroatoms. The Bertz CT molecular complexity index is 779. The Balaban J connectivity index is 1.93. The molecule has 0 unspecified atom stereocenters. The van der Waals surface area contributed by atoms with Crippen LogP contribution in [0.5, 0.6) is 0 Å². The van der Waals surface area contributed by atoms with E-state index in [0.29, 0.717) is 0 Å². The summed E-state index contributed by atoms with van der Waals surface area (Å²) in [6, 6.07) is 13.4. The SMILES string of the molecule is COC(=O)[C@@H](Cc1ccccc1)NC(=O)COC(=O)c1ccccc1F. The molecule has 1 amide bonds. The van der Waals surface area contributed by atoms with Gasteiger partial charge < -0.3 is 14.8 Å². The number of hydrogen-bond donors (Lipinski definition) is 1. The van der Waals surface area contributed by atoms with Crippen molar-refractivity contribution in [3.8, 4) is 0 Å². The van der Waals surface area contributed by atoms with Crippen molar-refractivity contribution in [3.05, 3.63) is 71.5 Å². The lowest BCUT2D eigenvalue weighted by molar-refractivity contribution is -0.145. The summed E-state index contributed by atoms with van der Waals surface area (Å²) in [6.45, 7) is -0.643. The second-order valence-electron chi connectivity index (χ2n) is 5.39. The number of hydrogen-bond acceptors (Lipinski definition) is 5. The molecular formula is C19H18FNO5. The normalized spacial score (nSPS) is 11.3. The number of methoxy groups -OCH3 is 1. The number of esters is 2. The monoisotopic (exact) mass is 359 g/mol. The Labute approximate surface area is 149 Å². The zero-order valence-corrected chi connectivity index (χ0v) is 14.1. The first-order valence-electron chi connectivity index (χ1n) is 7.84. The molecule has 0 saturated heterocycles. The van der Waals surface area contributed by atoms with Crippen molar-refractivity contribution in [1.82, 2.24) is 5.32 Å². The largest absolute Gasteiger partial charge is 0.467 e. The van der Waals surface area contributed by atoms with Crippen molar-refractivity contribution in [3.63, 3.8) is 0 Å². The van der Waals surface area contributed by atoms with Gasteiger partial charge in [-0.2, -0.15) is 0 Å². The molecule has 1 atom stereocenters. The van der Waals surface area contributed by atoms with Crippen LogP contribution in [0.1, 0.15) is 15.9 Å². The number of ether oxygens (including phenoxy) is 2. The summed E-state index contributed by atoms with van der Waals surface area (Å²) >= 11 is 0. The average molecular weight is 359 g/mol. The minimum atomic E-state index is -0.962. The van der Waals surface area contributed by atoms with Gasteiger partial charge in [0, 0.05) is 6.42 Å². The molecule has 0 bridgehead atoms. The van der Waals surface area contributed by atoms with E-state index in [1.165, 1.54) is 25.3 Å². The van der Waals surface area contributed by atoms with Gasteiger partial charge in [0.15, 0.2) is 6.61 Å². The maximum Gasteiger partial charge on any atom is 0.341 e. The maximum absolute atomic E-state index is 13.5. The number of amides is 1. The molecule has 2 aromatic rings. The lowest BCUT2D eigenvalue weighted by Gasteiger charge is -2.16. The average Bonchev–Trinajstić information content (AvgIpc) is 2.66. The summed E-state index contributed by atoms with van der Waals surface area (Å²) in [6.07, 6.45) is 0.223. The van der Waals surface area contributed by atoms with Gasteiger partial charge in [-0.1, -0.05) is 42.5 Å². The third-order valence-corrected chi connectivity index (χ3v) is 3.53. The third-order valence-electron chi connectivity index (χ3n) is 3.53. The van der Waals surface area contributed by atoms with Gasteiger partial charge in [-0.3, -0.25) is 4.79 Å². The van der Waals surface area contributed by atoms with E-state index in [1.807, 2.05) is 18.2 Å². The second-order valence-corrected chi connectivity index (χ2v) is 5.39. The predicted octanol–water partition coefficient (Wildman–Crippen LogP) is 1.88. The lowest BCUT2D eigenvalue weighted by atomic mass is 10.1. The molecule has 0 spiro atoms. The van der Waals surface area contributed by atoms with E-state index in [1.54, 1.807) is 12.1 Å². The first-order valence-corrected chi connectivity index (χ1v) is 7.84. The number of nitrogens with one attached hydrogen (secondary N) is 1. The van der Waals surface area contributed by atoms with Crippen molar-refractivity contribution in [2.75, 3.05) is 13.7 Å². The Morgan fingerprint density at radius 3 is 2.35 bits per heavy atom. The highest BCUT2D eigenvalue weighted by molar-refractivity contribution is 5.92. The highest BCUT2D eigenvalue weighted by Gasteiger charge is 2.23. The molecule has 2 rings (SSSR count). The Morgan fingerprint density at radius 2 is 1.69 bits per heavy atom. The molecule has 0 radical (unpaired) electrons. The number of rotatable bonds is 7. The summed E-state index contributed by atoms with van der Waals surface area (Å²) in [5.74, 6) is -3.02. The number of carbonyl (C=O) groups is 3. The highest BCUT2D eigenvalue weighted by Crippen LogP contribution is 2.08. The van der Waals surface area contributed by atoms with Crippen LogP contribution in [0.2, 0.25) is 0 Å². The van der Waals surface area contributed by atoms with Crippen LogP contribution in [0.15, 0.2) is 54.6 Å². The fourth-order valence-electron chi connectivity index (χ4n) is 2.26. The predicted molar refractivity (Wildman–Crippen MR) is 90.8 cm³/mol. The molecular weight excluding hydrogens is 341 g/mol. The van der Waals surface area contributed by atoms with E-state index in [-0.39, 0.29) is 12.0 Å². The van der Waals surface area contributed by atoms with Crippen molar-refractivity contribution in [2.45, 2.75) is 12.5 Å². The molecule has 136 valence electrons. The Kier molecular flexibility index (Phi) is 6.84. The van der Waals surface area contributed by atoms with Gasteiger partial charge in [-0.05, 0) is 17.7 Å². The number of carbonyl (C=O) groups excluding carboxylic acids is 3. The first kappa shape index (κ1) is 19.1. The minimum Gasteiger partial charge on any atom is -0.467 e. The molecule has 0 heterocycles. The van der Waals surface area contributed by atoms with Crippen LogP contribution in [-0.2, 0) is 25.5 Å². The van der Waals surface area contributed by atoms with E-state index in [4.69, 9.17) is 4.74 Å². The van der Waals surface area contributed by atoms with Crippen LogP contribution in [0.25, 0.3) is 0 Å². The zero-order valence-electron chi connectivity index (χ0n) is 14.1. The standard InChI is InChI=1S/C19H18FNO5/c1-25-19(24)16(11-13-7-3-2-4-8-13)21-17(22)12-26-18(23)14-9-5-6-10-15(14)20/h2-10,16H,11-12H2,1H3,(H,21,22)/t16-/m1/s1. The summed E-state index contributed by atoms with van der Waals surface area (Å²) in [5, 5.41) is 2.45. The first-order chi connectivity index (χ1) is 12.5. The highest BCUT2D eigenvalue weighted by atomic mass is 19.1. The molecule has 0 fully saturated rings. The quantitative estimate of drug-likeness (QED) is 0.764. The topological polar surface area (TPSA) is 81.7 Å². The van der Waals surface area contributed by atoms with Gasteiger partial charge in [-0.25, -0.2) is 14.0 Å². The molecule has 6 nitrogen and oxygen atoms in total. The zero-order chi connectivity index (χ0) is 18.9. The summed E-state index contributed by atoms with van der Waals surface area (Å²) in [7, 11) is 1.21. The molecule has 1 N–H and O–H groups in total. The lowest BCUT2D eigenvalue weighted by Crippen LogP contribution is -2.44.